The van der Waals surface area contributed by atoms with Crippen LogP contribution >= 0.6 is 0 Å². The number of aliphatic hydroxyl groups is 1. The van der Waals surface area contributed by atoms with E-state index in [1.165, 1.54) is 0 Å². The highest BCUT2D eigenvalue weighted by molar-refractivity contribution is 5.94. The van der Waals surface area contributed by atoms with E-state index in [-0.39, 0.29) is 18.6 Å². The van der Waals surface area contributed by atoms with Gasteiger partial charge < -0.3 is 20.5 Å². The van der Waals surface area contributed by atoms with Gasteiger partial charge in [0, 0.05) is 12.2 Å². The fraction of sp³-hybridized carbons (Fsp3) is 0.462. The van der Waals surface area contributed by atoms with Crippen LogP contribution in [0.25, 0.3) is 0 Å². The maximum Gasteiger partial charge on any atom is 0.241 e. The molecule has 18 heavy (non-hydrogen) atoms. The van der Waals surface area contributed by atoms with Crippen molar-refractivity contribution in [3.05, 3.63) is 30.3 Å². The fourth-order valence-corrected chi connectivity index (χ4v) is 1.38. The molecule has 100 valence electrons. The molecule has 1 rings (SSSR count). The molecule has 0 saturated carbocycles. The van der Waals surface area contributed by atoms with Crippen LogP contribution in [-0.2, 0) is 9.53 Å². The molecule has 0 aliphatic heterocycles. The number of hydrogen-bond acceptors (Lipinski definition) is 4. The molecule has 5 heteroatoms. The van der Waals surface area contributed by atoms with Gasteiger partial charge >= 0.3 is 0 Å². The van der Waals surface area contributed by atoms with Gasteiger partial charge in [-0.15, -0.1) is 0 Å². The lowest BCUT2D eigenvalue weighted by Gasteiger charge is -2.14. The number of para-hydroxylation sites is 1. The molecule has 0 saturated heterocycles. The summed E-state index contributed by atoms with van der Waals surface area (Å²) in [7, 11) is 0. The SMILES string of the molecule is CC(NCCOCCO)C(=O)Nc1ccccc1. The van der Waals surface area contributed by atoms with E-state index in [4.69, 9.17) is 9.84 Å². The first-order chi connectivity index (χ1) is 8.74. The normalized spacial score (nSPS) is 12.1. The molecule has 0 radical (unpaired) electrons. The van der Waals surface area contributed by atoms with E-state index in [1.54, 1.807) is 6.92 Å². The Morgan fingerprint density at radius 3 is 2.72 bits per heavy atom. The molecule has 1 aromatic carbocycles. The summed E-state index contributed by atoms with van der Waals surface area (Å²) in [5, 5.41) is 14.4. The second-order valence-corrected chi connectivity index (χ2v) is 3.87. The molecule has 0 heterocycles. The lowest BCUT2D eigenvalue weighted by atomic mass is 10.2. The van der Waals surface area contributed by atoms with Crippen LogP contribution in [-0.4, -0.2) is 43.4 Å². The summed E-state index contributed by atoms with van der Waals surface area (Å²) in [5.74, 6) is -0.0802. The average molecular weight is 252 g/mol. The van der Waals surface area contributed by atoms with Crippen LogP contribution in [0.15, 0.2) is 30.3 Å². The Labute approximate surface area is 107 Å². The first-order valence-electron chi connectivity index (χ1n) is 6.02. The average Bonchev–Trinajstić information content (AvgIpc) is 2.39. The highest BCUT2D eigenvalue weighted by atomic mass is 16.5. The molecule has 0 aliphatic rings. The molecule has 0 aliphatic carbocycles. The Morgan fingerprint density at radius 2 is 2.06 bits per heavy atom. The fourth-order valence-electron chi connectivity index (χ4n) is 1.38. The van der Waals surface area contributed by atoms with E-state index in [2.05, 4.69) is 10.6 Å². The second kappa shape index (κ2) is 8.63. The van der Waals surface area contributed by atoms with Crippen LogP contribution in [0.2, 0.25) is 0 Å². The van der Waals surface area contributed by atoms with Gasteiger partial charge in [-0.2, -0.15) is 0 Å². The van der Waals surface area contributed by atoms with Crippen molar-refractivity contribution in [3.8, 4) is 0 Å². The molecule has 1 amide bonds. The van der Waals surface area contributed by atoms with E-state index < -0.39 is 0 Å². The van der Waals surface area contributed by atoms with Crippen LogP contribution in [0.4, 0.5) is 5.69 Å². The van der Waals surface area contributed by atoms with E-state index >= 15 is 0 Å². The molecule has 1 atom stereocenters. The van der Waals surface area contributed by atoms with Crippen molar-refractivity contribution in [2.45, 2.75) is 13.0 Å². The van der Waals surface area contributed by atoms with Gasteiger partial charge in [-0.1, -0.05) is 18.2 Å². The first kappa shape index (κ1) is 14.6. The molecular weight excluding hydrogens is 232 g/mol. The molecular formula is C13H20N2O3. The number of amides is 1. The number of aliphatic hydroxyl groups excluding tert-OH is 1. The number of carbonyl (C=O) groups excluding carboxylic acids is 1. The minimum atomic E-state index is -0.289. The van der Waals surface area contributed by atoms with E-state index in [0.29, 0.717) is 19.8 Å². The van der Waals surface area contributed by atoms with E-state index in [9.17, 15) is 4.79 Å². The third kappa shape index (κ3) is 5.77. The van der Waals surface area contributed by atoms with Gasteiger partial charge in [0.2, 0.25) is 5.91 Å². The maximum atomic E-state index is 11.8. The Hall–Kier alpha value is -1.43. The van der Waals surface area contributed by atoms with Crippen molar-refractivity contribution in [1.82, 2.24) is 5.32 Å². The highest BCUT2D eigenvalue weighted by Crippen LogP contribution is 2.05. The standard InChI is InChI=1S/C13H20N2O3/c1-11(14-7-9-18-10-8-16)13(17)15-12-5-3-2-4-6-12/h2-6,11,14,16H,7-10H2,1H3,(H,15,17). The summed E-state index contributed by atoms with van der Waals surface area (Å²) < 4.78 is 5.09. The summed E-state index contributed by atoms with van der Waals surface area (Å²) >= 11 is 0. The van der Waals surface area contributed by atoms with Gasteiger partial charge in [0.15, 0.2) is 0 Å². The van der Waals surface area contributed by atoms with E-state index in [1.807, 2.05) is 30.3 Å². The third-order valence-electron chi connectivity index (χ3n) is 2.37. The summed E-state index contributed by atoms with van der Waals surface area (Å²) in [4.78, 5) is 11.8. The van der Waals surface area contributed by atoms with Gasteiger partial charge in [-0.25, -0.2) is 0 Å². The van der Waals surface area contributed by atoms with Gasteiger partial charge in [0.05, 0.1) is 25.9 Å². The Balaban J connectivity index is 2.21. The number of ether oxygens (including phenoxy) is 1. The van der Waals surface area contributed by atoms with Crippen LogP contribution in [0.3, 0.4) is 0 Å². The number of benzene rings is 1. The van der Waals surface area contributed by atoms with Crippen molar-refractivity contribution in [2.75, 3.05) is 31.7 Å². The van der Waals surface area contributed by atoms with Crippen LogP contribution < -0.4 is 10.6 Å². The van der Waals surface area contributed by atoms with Gasteiger partial charge in [-0.3, -0.25) is 4.79 Å². The number of carbonyl (C=O) groups is 1. The zero-order valence-electron chi connectivity index (χ0n) is 10.6. The van der Waals surface area contributed by atoms with Gasteiger partial charge in [0.25, 0.3) is 0 Å². The summed E-state index contributed by atoms with van der Waals surface area (Å²) in [5.41, 5.74) is 0.785. The van der Waals surface area contributed by atoms with Crippen LogP contribution in [0.5, 0.6) is 0 Å². The first-order valence-corrected chi connectivity index (χ1v) is 6.02. The minimum absolute atomic E-state index is 0.0179. The smallest absolute Gasteiger partial charge is 0.241 e. The molecule has 1 aromatic rings. The Bertz CT molecular complexity index is 343. The molecule has 0 bridgehead atoms. The summed E-state index contributed by atoms with van der Waals surface area (Å²) in [6.07, 6.45) is 0. The lowest BCUT2D eigenvalue weighted by molar-refractivity contribution is -0.117. The summed E-state index contributed by atoms with van der Waals surface area (Å²) in [6, 6.07) is 9.04. The Kier molecular flexibility index (Phi) is 7.01. The van der Waals surface area contributed by atoms with Crippen molar-refractivity contribution in [3.63, 3.8) is 0 Å². The second-order valence-electron chi connectivity index (χ2n) is 3.87. The molecule has 1 unspecified atom stereocenters. The topological polar surface area (TPSA) is 70.6 Å². The predicted molar refractivity (Wildman–Crippen MR) is 70.4 cm³/mol. The van der Waals surface area contributed by atoms with Crippen LogP contribution in [0.1, 0.15) is 6.92 Å². The van der Waals surface area contributed by atoms with Gasteiger partial charge in [-0.05, 0) is 19.1 Å². The number of nitrogens with one attached hydrogen (secondary N) is 2. The van der Waals surface area contributed by atoms with E-state index in [0.717, 1.165) is 5.69 Å². The van der Waals surface area contributed by atoms with Crippen LogP contribution in [0, 0.1) is 0 Å². The minimum Gasteiger partial charge on any atom is -0.394 e. The molecule has 5 nitrogen and oxygen atoms in total. The van der Waals surface area contributed by atoms with Crippen molar-refractivity contribution < 1.29 is 14.6 Å². The zero-order chi connectivity index (χ0) is 13.2. The van der Waals surface area contributed by atoms with Crippen molar-refractivity contribution in [2.24, 2.45) is 0 Å². The Morgan fingerprint density at radius 1 is 1.33 bits per heavy atom. The lowest BCUT2D eigenvalue weighted by Crippen LogP contribution is -2.39. The predicted octanol–water partition coefficient (Wildman–Crippen LogP) is 0.612. The van der Waals surface area contributed by atoms with Crippen molar-refractivity contribution in [1.29, 1.82) is 0 Å². The molecule has 0 spiro atoms. The summed E-state index contributed by atoms with van der Waals surface area (Å²) in [6.45, 7) is 3.19. The monoisotopic (exact) mass is 252 g/mol. The third-order valence-corrected chi connectivity index (χ3v) is 2.37. The largest absolute Gasteiger partial charge is 0.394 e. The molecule has 0 aromatic heterocycles. The zero-order valence-corrected chi connectivity index (χ0v) is 10.6. The number of hydrogen-bond donors (Lipinski definition) is 3. The quantitative estimate of drug-likeness (QED) is 0.593. The number of anilines is 1. The van der Waals surface area contributed by atoms with Crippen molar-refractivity contribution >= 4 is 11.6 Å². The molecule has 3 N–H and O–H groups in total. The number of rotatable bonds is 8. The molecule has 0 fully saturated rings. The maximum absolute atomic E-state index is 11.8. The van der Waals surface area contributed by atoms with Gasteiger partial charge in [0.1, 0.15) is 0 Å². The highest BCUT2D eigenvalue weighted by Gasteiger charge is 2.11.